The third kappa shape index (κ3) is 3.52. The van der Waals surface area contributed by atoms with Crippen molar-refractivity contribution in [2.24, 2.45) is 0 Å². The van der Waals surface area contributed by atoms with E-state index in [1.54, 1.807) is 12.4 Å². The zero-order valence-electron chi connectivity index (χ0n) is 18.6. The van der Waals surface area contributed by atoms with Gasteiger partial charge in [-0.25, -0.2) is 23.4 Å². The predicted molar refractivity (Wildman–Crippen MR) is 128 cm³/mol. The van der Waals surface area contributed by atoms with Gasteiger partial charge in [-0.3, -0.25) is 0 Å². The molecule has 0 amide bonds. The molecule has 2 aliphatic rings. The summed E-state index contributed by atoms with van der Waals surface area (Å²) in [4.78, 5) is 11.6. The third-order valence-corrected chi connectivity index (χ3v) is 8.73. The van der Waals surface area contributed by atoms with Crippen LogP contribution in [-0.4, -0.2) is 47.2 Å². The lowest BCUT2D eigenvalue weighted by atomic mass is 9.83. The molecule has 5 rings (SSSR count). The largest absolute Gasteiger partial charge is 0.469 e. The molecule has 1 fully saturated rings. The van der Waals surface area contributed by atoms with Crippen LogP contribution in [0.2, 0.25) is 0 Å². The number of anilines is 1. The number of ether oxygens (including phenoxy) is 1. The molecule has 5 heterocycles. The molecule has 0 aliphatic carbocycles. The summed E-state index contributed by atoms with van der Waals surface area (Å²) in [5.41, 5.74) is 2.36. The number of hydrogen-bond donors (Lipinski definition) is 1. The first-order valence-electron chi connectivity index (χ1n) is 10.8. The standard InChI is InChI=1S/C22H27BrN6O2S/c1-14-18(23)29-16(7-11-25-29)19(26-14)28-12-8-22(9-13-28)17(27-32(30)21(2,3)4)15-6-5-10-24-20(15)31-22/h5-7,10-11,17,27H,8-9,12-13H2,1-4H3/t17-,32?/m1/s1. The predicted octanol–water partition coefficient (Wildman–Crippen LogP) is 3.72. The third-order valence-electron chi connectivity index (χ3n) is 6.26. The van der Waals surface area contributed by atoms with Crippen molar-refractivity contribution in [2.45, 2.75) is 56.9 Å². The second-order valence-corrected chi connectivity index (χ2v) is 12.2. The van der Waals surface area contributed by atoms with Crippen molar-refractivity contribution < 1.29 is 8.95 Å². The van der Waals surface area contributed by atoms with E-state index >= 15 is 0 Å². The van der Waals surface area contributed by atoms with Crippen LogP contribution in [0.25, 0.3) is 5.52 Å². The lowest BCUT2D eigenvalue weighted by Gasteiger charge is -2.42. The summed E-state index contributed by atoms with van der Waals surface area (Å²) in [6.45, 7) is 9.44. The van der Waals surface area contributed by atoms with E-state index in [0.717, 1.165) is 53.1 Å². The first kappa shape index (κ1) is 21.8. The van der Waals surface area contributed by atoms with Crippen molar-refractivity contribution in [3.05, 3.63) is 46.5 Å². The molecule has 1 saturated heterocycles. The van der Waals surface area contributed by atoms with Crippen molar-refractivity contribution in [1.29, 1.82) is 0 Å². The first-order valence-corrected chi connectivity index (χ1v) is 12.7. The van der Waals surface area contributed by atoms with Crippen LogP contribution in [0.1, 0.15) is 50.9 Å². The first-order chi connectivity index (χ1) is 15.2. The Balaban J connectivity index is 1.44. The van der Waals surface area contributed by atoms with E-state index in [1.807, 2.05) is 50.4 Å². The molecule has 3 aromatic heterocycles. The molecule has 3 aromatic rings. The number of hydrogen-bond acceptors (Lipinski definition) is 6. The molecule has 1 unspecified atom stereocenters. The minimum atomic E-state index is -1.23. The monoisotopic (exact) mass is 518 g/mol. The van der Waals surface area contributed by atoms with Crippen molar-refractivity contribution in [3.63, 3.8) is 0 Å². The van der Waals surface area contributed by atoms with Gasteiger partial charge in [0.05, 0.1) is 33.7 Å². The number of rotatable bonds is 3. The molecule has 0 aromatic carbocycles. The number of aryl methyl sites for hydroxylation is 1. The molecule has 0 radical (unpaired) electrons. The average Bonchev–Trinajstić information content (AvgIpc) is 3.35. The number of halogens is 1. The fourth-order valence-electron chi connectivity index (χ4n) is 4.46. The summed E-state index contributed by atoms with van der Waals surface area (Å²) in [7, 11) is -1.23. The van der Waals surface area contributed by atoms with Crippen LogP contribution in [-0.2, 0) is 11.0 Å². The van der Waals surface area contributed by atoms with E-state index < -0.39 is 16.6 Å². The fraction of sp³-hybridized carbons (Fsp3) is 0.500. The van der Waals surface area contributed by atoms with Gasteiger partial charge in [-0.1, -0.05) is 6.07 Å². The molecule has 170 valence electrons. The van der Waals surface area contributed by atoms with E-state index in [2.05, 4.69) is 35.6 Å². The van der Waals surface area contributed by atoms with Gasteiger partial charge in [0.25, 0.3) is 0 Å². The molecule has 10 heteroatoms. The summed E-state index contributed by atoms with van der Waals surface area (Å²) < 4.78 is 25.3. The highest BCUT2D eigenvalue weighted by Crippen LogP contribution is 2.48. The van der Waals surface area contributed by atoms with Crippen LogP contribution in [0.5, 0.6) is 5.88 Å². The van der Waals surface area contributed by atoms with Gasteiger partial charge >= 0.3 is 0 Å². The van der Waals surface area contributed by atoms with Gasteiger partial charge in [-0.05, 0) is 55.8 Å². The van der Waals surface area contributed by atoms with E-state index in [0.29, 0.717) is 5.88 Å². The lowest BCUT2D eigenvalue weighted by Crippen LogP contribution is -2.54. The van der Waals surface area contributed by atoms with Gasteiger partial charge in [0.15, 0.2) is 5.82 Å². The lowest BCUT2D eigenvalue weighted by molar-refractivity contribution is 0.0352. The SMILES string of the molecule is Cc1nc(N2CCC3(CC2)Oc2ncccc2[C@H]3NS(=O)C(C)(C)C)c2ccnn2c1Br. The van der Waals surface area contributed by atoms with Crippen LogP contribution < -0.4 is 14.4 Å². The Kier molecular flexibility index (Phi) is 5.29. The quantitative estimate of drug-likeness (QED) is 0.568. The summed E-state index contributed by atoms with van der Waals surface area (Å²) in [5, 5.41) is 4.43. The number of nitrogens with one attached hydrogen (secondary N) is 1. The van der Waals surface area contributed by atoms with E-state index in [-0.39, 0.29) is 10.8 Å². The van der Waals surface area contributed by atoms with Crippen molar-refractivity contribution in [1.82, 2.24) is 24.3 Å². The van der Waals surface area contributed by atoms with Crippen LogP contribution in [0.4, 0.5) is 5.82 Å². The highest BCUT2D eigenvalue weighted by atomic mass is 79.9. The van der Waals surface area contributed by atoms with Crippen LogP contribution in [0.15, 0.2) is 35.2 Å². The molecule has 8 nitrogen and oxygen atoms in total. The molecule has 0 bridgehead atoms. The smallest absolute Gasteiger partial charge is 0.218 e. The maximum atomic E-state index is 13.0. The summed E-state index contributed by atoms with van der Waals surface area (Å²) in [6.07, 6.45) is 5.06. The molecule has 1 spiro atoms. The van der Waals surface area contributed by atoms with Gasteiger partial charge < -0.3 is 9.64 Å². The number of nitrogens with zero attached hydrogens (tertiary/aromatic N) is 5. The topological polar surface area (TPSA) is 84.6 Å². The molecular formula is C22H27BrN6O2S. The van der Waals surface area contributed by atoms with E-state index in [1.165, 1.54) is 0 Å². The van der Waals surface area contributed by atoms with E-state index in [9.17, 15) is 4.21 Å². The van der Waals surface area contributed by atoms with Gasteiger partial charge in [-0.2, -0.15) is 5.10 Å². The van der Waals surface area contributed by atoms with Crippen LogP contribution >= 0.6 is 15.9 Å². The average molecular weight is 519 g/mol. The normalized spacial score (nSPS) is 21.0. The Morgan fingerprint density at radius 3 is 2.72 bits per heavy atom. The highest BCUT2D eigenvalue weighted by Gasteiger charge is 2.52. The van der Waals surface area contributed by atoms with Gasteiger partial charge in [-0.15, -0.1) is 0 Å². The second-order valence-electron chi connectivity index (χ2n) is 9.42. The number of pyridine rings is 1. The number of aromatic nitrogens is 4. The van der Waals surface area contributed by atoms with Crippen LogP contribution in [0, 0.1) is 6.92 Å². The summed E-state index contributed by atoms with van der Waals surface area (Å²) in [6, 6.07) is 5.74. The molecule has 2 aliphatic heterocycles. The maximum Gasteiger partial charge on any atom is 0.218 e. The number of piperidine rings is 1. The van der Waals surface area contributed by atoms with Crippen molar-refractivity contribution >= 4 is 38.3 Å². The Hall–Kier alpha value is -2.04. The van der Waals surface area contributed by atoms with Gasteiger partial charge in [0.1, 0.15) is 15.7 Å². The summed E-state index contributed by atoms with van der Waals surface area (Å²) in [5.74, 6) is 1.56. The molecule has 0 saturated carbocycles. The highest BCUT2D eigenvalue weighted by molar-refractivity contribution is 9.10. The second kappa shape index (κ2) is 7.78. The zero-order valence-corrected chi connectivity index (χ0v) is 21.0. The minimum Gasteiger partial charge on any atom is -0.469 e. The molecule has 2 atom stereocenters. The van der Waals surface area contributed by atoms with Crippen molar-refractivity contribution in [3.8, 4) is 5.88 Å². The van der Waals surface area contributed by atoms with Gasteiger partial charge in [0.2, 0.25) is 5.88 Å². The van der Waals surface area contributed by atoms with E-state index in [4.69, 9.17) is 9.72 Å². The van der Waals surface area contributed by atoms with Crippen LogP contribution in [0.3, 0.4) is 0 Å². The Morgan fingerprint density at radius 1 is 1.25 bits per heavy atom. The maximum absolute atomic E-state index is 13.0. The summed E-state index contributed by atoms with van der Waals surface area (Å²) >= 11 is 3.59. The fourth-order valence-corrected chi connectivity index (χ4v) is 5.74. The van der Waals surface area contributed by atoms with Gasteiger partial charge in [0, 0.05) is 37.7 Å². The molecule has 32 heavy (non-hydrogen) atoms. The Bertz CT molecular complexity index is 1200. The minimum absolute atomic E-state index is 0.178. The zero-order chi connectivity index (χ0) is 22.7. The molecular weight excluding hydrogens is 492 g/mol. The molecule has 1 N–H and O–H groups in total. The number of fused-ring (bicyclic) bond motifs is 2. The van der Waals surface area contributed by atoms with Crippen molar-refractivity contribution in [2.75, 3.05) is 18.0 Å². The Morgan fingerprint density at radius 2 is 2.00 bits per heavy atom. The Labute approximate surface area is 198 Å².